The van der Waals surface area contributed by atoms with Gasteiger partial charge in [0.2, 0.25) is 0 Å². The summed E-state index contributed by atoms with van der Waals surface area (Å²) in [6.07, 6.45) is 3.49. The maximum atomic E-state index is 13.2. The summed E-state index contributed by atoms with van der Waals surface area (Å²) in [5.41, 5.74) is 8.21. The lowest BCUT2D eigenvalue weighted by atomic mass is 9.86. The molecule has 0 fully saturated rings. The Labute approximate surface area is 100 Å². The largest absolute Gasteiger partial charge is 0.318 e. The number of nitrogens with two attached hydrogens (primary N) is 1. The Bertz CT molecular complexity index is 488. The predicted octanol–water partition coefficient (Wildman–Crippen LogP) is 2.75. The van der Waals surface area contributed by atoms with Gasteiger partial charge in [0.25, 0.3) is 0 Å². The van der Waals surface area contributed by atoms with E-state index in [9.17, 15) is 4.39 Å². The van der Waals surface area contributed by atoms with Crippen molar-refractivity contribution < 1.29 is 4.39 Å². The zero-order valence-corrected chi connectivity index (χ0v) is 9.94. The highest BCUT2D eigenvalue weighted by Crippen LogP contribution is 2.26. The van der Waals surface area contributed by atoms with Crippen LogP contribution in [0, 0.1) is 12.7 Å². The van der Waals surface area contributed by atoms with E-state index in [1.165, 1.54) is 12.1 Å². The van der Waals surface area contributed by atoms with Gasteiger partial charge >= 0.3 is 0 Å². The van der Waals surface area contributed by atoms with Crippen LogP contribution >= 0.6 is 0 Å². The number of benzene rings is 1. The SMILES string of the molecule is Cc1cncc(C(C)(N)c2cccc(F)c2)c1. The first-order valence-electron chi connectivity index (χ1n) is 5.47. The highest BCUT2D eigenvalue weighted by Gasteiger charge is 2.24. The summed E-state index contributed by atoms with van der Waals surface area (Å²) in [6.45, 7) is 3.82. The van der Waals surface area contributed by atoms with Gasteiger partial charge in [0.05, 0.1) is 5.54 Å². The van der Waals surface area contributed by atoms with Gasteiger partial charge in [-0.2, -0.15) is 0 Å². The lowest BCUT2D eigenvalue weighted by molar-refractivity contribution is 0.579. The first-order valence-corrected chi connectivity index (χ1v) is 5.47. The third-order valence-electron chi connectivity index (χ3n) is 2.90. The number of pyridine rings is 1. The zero-order chi connectivity index (χ0) is 12.5. The Morgan fingerprint density at radius 2 is 1.94 bits per heavy atom. The van der Waals surface area contributed by atoms with Crippen LogP contribution in [0.2, 0.25) is 0 Å². The zero-order valence-electron chi connectivity index (χ0n) is 9.94. The molecule has 1 aromatic carbocycles. The molecule has 2 rings (SSSR count). The second-order valence-electron chi connectivity index (χ2n) is 4.46. The van der Waals surface area contributed by atoms with Crippen molar-refractivity contribution in [3.63, 3.8) is 0 Å². The van der Waals surface area contributed by atoms with E-state index in [-0.39, 0.29) is 5.82 Å². The van der Waals surface area contributed by atoms with Crippen molar-refractivity contribution in [1.82, 2.24) is 4.98 Å². The highest BCUT2D eigenvalue weighted by molar-refractivity contribution is 5.36. The molecule has 3 heteroatoms. The van der Waals surface area contributed by atoms with Gasteiger partial charge < -0.3 is 5.73 Å². The quantitative estimate of drug-likeness (QED) is 0.861. The number of hydrogen-bond donors (Lipinski definition) is 1. The summed E-state index contributed by atoms with van der Waals surface area (Å²) in [5.74, 6) is -0.278. The normalized spacial score (nSPS) is 14.4. The second kappa shape index (κ2) is 4.26. The fraction of sp³-hybridized carbons (Fsp3) is 0.214. The molecule has 0 saturated heterocycles. The van der Waals surface area contributed by atoms with Gasteiger partial charge in [-0.3, -0.25) is 4.98 Å². The Hall–Kier alpha value is -1.74. The van der Waals surface area contributed by atoms with Gasteiger partial charge in [-0.25, -0.2) is 4.39 Å². The number of halogens is 1. The molecule has 0 aliphatic carbocycles. The van der Waals surface area contributed by atoms with E-state index in [1.807, 2.05) is 26.0 Å². The average Bonchev–Trinajstić information content (AvgIpc) is 2.29. The molecule has 1 atom stereocenters. The Morgan fingerprint density at radius 1 is 1.18 bits per heavy atom. The average molecular weight is 230 g/mol. The number of nitrogens with zero attached hydrogens (tertiary/aromatic N) is 1. The Balaban J connectivity index is 2.49. The molecule has 1 unspecified atom stereocenters. The molecule has 2 aromatic rings. The molecule has 88 valence electrons. The van der Waals surface area contributed by atoms with E-state index in [1.54, 1.807) is 18.5 Å². The first-order chi connectivity index (χ1) is 8.00. The van der Waals surface area contributed by atoms with E-state index in [2.05, 4.69) is 4.98 Å². The molecule has 2 nitrogen and oxygen atoms in total. The van der Waals surface area contributed by atoms with Gasteiger partial charge in [-0.15, -0.1) is 0 Å². The molecule has 0 saturated carbocycles. The van der Waals surface area contributed by atoms with Crippen LogP contribution in [0.3, 0.4) is 0 Å². The van der Waals surface area contributed by atoms with Crippen LogP contribution in [-0.2, 0) is 5.54 Å². The van der Waals surface area contributed by atoms with Crippen molar-refractivity contribution in [3.05, 3.63) is 65.2 Å². The first kappa shape index (κ1) is 11.7. The number of hydrogen-bond acceptors (Lipinski definition) is 2. The molecule has 0 radical (unpaired) electrons. The maximum absolute atomic E-state index is 13.2. The van der Waals surface area contributed by atoms with Crippen molar-refractivity contribution >= 4 is 0 Å². The summed E-state index contributed by atoms with van der Waals surface area (Å²) in [4.78, 5) is 4.12. The molecule has 0 aliphatic heterocycles. The summed E-state index contributed by atoms with van der Waals surface area (Å²) in [7, 11) is 0. The van der Waals surface area contributed by atoms with Gasteiger partial charge in [0.1, 0.15) is 5.82 Å². The lowest BCUT2D eigenvalue weighted by Crippen LogP contribution is -2.34. The van der Waals surface area contributed by atoms with E-state index < -0.39 is 5.54 Å². The summed E-state index contributed by atoms with van der Waals surface area (Å²) >= 11 is 0. The maximum Gasteiger partial charge on any atom is 0.123 e. The molecular weight excluding hydrogens is 215 g/mol. The minimum Gasteiger partial charge on any atom is -0.318 e. The van der Waals surface area contributed by atoms with E-state index in [0.29, 0.717) is 0 Å². The summed E-state index contributed by atoms with van der Waals surface area (Å²) in [5, 5.41) is 0. The monoisotopic (exact) mass is 230 g/mol. The molecule has 17 heavy (non-hydrogen) atoms. The number of aromatic nitrogens is 1. The lowest BCUT2D eigenvalue weighted by Gasteiger charge is -2.25. The van der Waals surface area contributed by atoms with Crippen LogP contribution in [0.25, 0.3) is 0 Å². The minimum absolute atomic E-state index is 0.278. The molecule has 0 amide bonds. The van der Waals surface area contributed by atoms with Crippen molar-refractivity contribution in [2.24, 2.45) is 5.73 Å². The third-order valence-corrected chi connectivity index (χ3v) is 2.90. The smallest absolute Gasteiger partial charge is 0.123 e. The molecule has 0 bridgehead atoms. The fourth-order valence-corrected chi connectivity index (χ4v) is 1.82. The molecule has 2 N–H and O–H groups in total. The van der Waals surface area contributed by atoms with Gasteiger partial charge in [0.15, 0.2) is 0 Å². The van der Waals surface area contributed by atoms with Crippen LogP contribution < -0.4 is 5.73 Å². The van der Waals surface area contributed by atoms with E-state index >= 15 is 0 Å². The van der Waals surface area contributed by atoms with Crippen molar-refractivity contribution in [2.45, 2.75) is 19.4 Å². The Kier molecular flexibility index (Phi) is 2.94. The third kappa shape index (κ3) is 2.34. The molecular formula is C14H15FN2. The summed E-state index contributed by atoms with van der Waals surface area (Å²) in [6, 6.07) is 8.33. The van der Waals surface area contributed by atoms with Crippen molar-refractivity contribution in [1.29, 1.82) is 0 Å². The predicted molar refractivity (Wildman–Crippen MR) is 66.0 cm³/mol. The van der Waals surface area contributed by atoms with Crippen LogP contribution in [-0.4, -0.2) is 4.98 Å². The molecule has 0 spiro atoms. The molecule has 0 aliphatic rings. The Morgan fingerprint density at radius 3 is 2.59 bits per heavy atom. The highest BCUT2D eigenvalue weighted by atomic mass is 19.1. The van der Waals surface area contributed by atoms with E-state index in [4.69, 9.17) is 5.73 Å². The molecule has 1 aromatic heterocycles. The van der Waals surface area contributed by atoms with Gasteiger partial charge in [0, 0.05) is 12.4 Å². The van der Waals surface area contributed by atoms with Crippen LogP contribution in [0.5, 0.6) is 0 Å². The van der Waals surface area contributed by atoms with Crippen molar-refractivity contribution in [3.8, 4) is 0 Å². The van der Waals surface area contributed by atoms with Crippen molar-refractivity contribution in [2.75, 3.05) is 0 Å². The summed E-state index contributed by atoms with van der Waals surface area (Å²) < 4.78 is 13.2. The topological polar surface area (TPSA) is 38.9 Å². The van der Waals surface area contributed by atoms with Crippen LogP contribution in [0.4, 0.5) is 4.39 Å². The standard InChI is InChI=1S/C14H15FN2/c1-10-6-12(9-17-8-10)14(2,16)11-4-3-5-13(15)7-11/h3-9H,16H2,1-2H3. The van der Waals surface area contributed by atoms with Crippen LogP contribution in [0.1, 0.15) is 23.6 Å². The number of aryl methyl sites for hydroxylation is 1. The van der Waals surface area contributed by atoms with Crippen LogP contribution in [0.15, 0.2) is 42.7 Å². The fourth-order valence-electron chi connectivity index (χ4n) is 1.82. The van der Waals surface area contributed by atoms with Gasteiger partial charge in [-0.05, 0) is 42.7 Å². The van der Waals surface area contributed by atoms with Gasteiger partial charge in [-0.1, -0.05) is 18.2 Å². The van der Waals surface area contributed by atoms with E-state index in [0.717, 1.165) is 16.7 Å². The number of rotatable bonds is 2. The minimum atomic E-state index is -0.735. The molecule has 1 heterocycles. The second-order valence-corrected chi connectivity index (χ2v) is 4.46.